The van der Waals surface area contributed by atoms with E-state index in [4.69, 9.17) is 51.7 Å². The summed E-state index contributed by atoms with van der Waals surface area (Å²) in [5, 5.41) is 40.3. The van der Waals surface area contributed by atoms with Gasteiger partial charge < -0.3 is 63.7 Å². The van der Waals surface area contributed by atoms with Gasteiger partial charge in [-0.3, -0.25) is 8.74 Å². The smallest absolute Gasteiger partial charge is 0.726 e. The van der Waals surface area contributed by atoms with Crippen LogP contribution >= 0.6 is 0 Å². The van der Waals surface area contributed by atoms with Crippen LogP contribution in [0.1, 0.15) is 13.3 Å². The van der Waals surface area contributed by atoms with E-state index >= 15 is 0 Å². The number of hydrogen-bond acceptors (Lipinski definition) is 17. The van der Waals surface area contributed by atoms with E-state index in [2.05, 4.69) is 4.18 Å². The second kappa shape index (κ2) is 29.6. The quantitative estimate of drug-likeness (QED) is 0.0597. The van der Waals surface area contributed by atoms with Gasteiger partial charge in [-0.25, -0.2) is 29.7 Å². The Morgan fingerprint density at radius 1 is 0.826 bits per heavy atom. The first kappa shape index (κ1) is 60.5. The molecule has 0 aromatic carbocycles. The SMILES string of the molecule is CCCO[C@H]1[CH-][C@H](O)[C@H](O[C@@H]2OC(COS(=O)(=O)[O-])[C@@H](O[C@H]3[CH-][C@H](O)[C@H](O)[CH-]O3)[C@H](O)C2[NH-])[CH-]O1.O=S(=O)([O-])O.[Na+].[Na+].[Na+].[Na+].[Na+].[Na+]. The van der Waals surface area contributed by atoms with Gasteiger partial charge in [-0.05, 0) is 18.6 Å². The Hall–Kier alpha value is 5.30. The van der Waals surface area contributed by atoms with Crippen molar-refractivity contribution in [3.8, 4) is 0 Å². The zero-order valence-electron chi connectivity index (χ0n) is 26.6. The molecule has 3 saturated heterocycles. The standard InChI is InChI=1S/C19H30NO14S.6Na.H2O4S/c1-2-3-28-14-5-10(22)12(7-30-14)32-19-16(20)17(24)18(13(33-19)8-31-35(25,26)27)34-15-4-9(21)11(23)6-29-15;;;;;;;1-5(2,3)4/h4-7,9-24H,2-3,8H2,1H3,(H,25,26,27);;;;;;;(H2,1,2,3,4)/q-5;6*+1;/p-2/t9-,10-,11+,12+,13?,14+,15-,16?,17+,18+,19+;;;;;;;/m0......./s1. The molecule has 0 saturated carbocycles. The van der Waals surface area contributed by atoms with E-state index in [0.29, 0.717) is 6.61 Å². The van der Waals surface area contributed by atoms with Crippen molar-refractivity contribution in [1.29, 1.82) is 0 Å². The fourth-order valence-corrected chi connectivity index (χ4v) is 3.73. The minimum Gasteiger partial charge on any atom is -0.726 e. The van der Waals surface area contributed by atoms with E-state index in [9.17, 15) is 33.4 Å². The second-order valence-corrected chi connectivity index (χ2v) is 10.3. The summed E-state index contributed by atoms with van der Waals surface area (Å²) in [7, 11) is -10.1. The Bertz CT molecular complexity index is 986. The Kier molecular flexibility index (Phi) is 38.9. The van der Waals surface area contributed by atoms with E-state index in [0.717, 1.165) is 26.1 Å². The Labute approximate surface area is 401 Å². The van der Waals surface area contributed by atoms with Crippen LogP contribution in [0.15, 0.2) is 0 Å². The zero-order chi connectivity index (χ0) is 30.3. The van der Waals surface area contributed by atoms with Crippen LogP contribution in [0.25, 0.3) is 5.73 Å². The average molecular weight is 763 g/mol. The van der Waals surface area contributed by atoms with Crippen LogP contribution in [0, 0.1) is 26.1 Å². The molecule has 27 heteroatoms. The first-order valence-corrected chi connectivity index (χ1v) is 14.2. The van der Waals surface area contributed by atoms with Gasteiger partial charge in [-0.1, -0.05) is 25.2 Å². The van der Waals surface area contributed by atoms with E-state index < -0.39 is 95.0 Å². The van der Waals surface area contributed by atoms with Gasteiger partial charge in [0, 0.05) is 19.2 Å². The van der Waals surface area contributed by atoms with Gasteiger partial charge in [0.1, 0.15) is 18.5 Å². The molecule has 46 heavy (non-hydrogen) atoms. The number of aliphatic hydroxyl groups is 4. The number of rotatable bonds is 10. The molecule has 0 amide bonds. The summed E-state index contributed by atoms with van der Waals surface area (Å²) in [5.74, 6) is 0. The van der Waals surface area contributed by atoms with Crippen LogP contribution in [-0.4, -0.2) is 132 Å². The summed E-state index contributed by atoms with van der Waals surface area (Å²) in [6, 6.07) is -1.54. The molecule has 11 atom stereocenters. The molecule has 6 N–H and O–H groups in total. The normalized spacial score (nSPS) is 34.2. The van der Waals surface area contributed by atoms with Crippen LogP contribution < -0.4 is 177 Å². The summed E-state index contributed by atoms with van der Waals surface area (Å²) >= 11 is 0. The molecule has 0 aliphatic carbocycles. The molecule has 19 nitrogen and oxygen atoms in total. The van der Waals surface area contributed by atoms with E-state index in [1.54, 1.807) is 0 Å². The molecule has 2 unspecified atom stereocenters. The summed E-state index contributed by atoms with van der Waals surface area (Å²) in [6.07, 6.45) is -10.2. The molecule has 3 rings (SSSR count). The van der Waals surface area contributed by atoms with Crippen LogP contribution in [0.2, 0.25) is 0 Å². The summed E-state index contributed by atoms with van der Waals surface area (Å²) in [6.45, 7) is 3.40. The van der Waals surface area contributed by atoms with E-state index in [1.807, 2.05) is 6.92 Å². The van der Waals surface area contributed by atoms with Gasteiger partial charge in [0.15, 0.2) is 0 Å². The Morgan fingerprint density at radius 2 is 1.35 bits per heavy atom. The predicted octanol–water partition coefficient (Wildman–Crippen LogP) is -21.3. The maximum Gasteiger partial charge on any atom is 1.00 e. The predicted molar refractivity (Wildman–Crippen MR) is 122 cm³/mol. The summed E-state index contributed by atoms with van der Waals surface area (Å²) in [5.41, 5.74) is 8.29. The summed E-state index contributed by atoms with van der Waals surface area (Å²) in [4.78, 5) is 0. The van der Waals surface area contributed by atoms with Crippen molar-refractivity contribution < 1.29 is 261 Å². The van der Waals surface area contributed by atoms with Crippen LogP contribution in [0.3, 0.4) is 0 Å². The molecule has 0 aromatic rings. The van der Waals surface area contributed by atoms with Crippen molar-refractivity contribution in [2.45, 2.75) is 81.0 Å². The molecular weight excluding hydrogens is 732 g/mol. The molecule has 0 bridgehead atoms. The minimum atomic E-state index is -5.15. The fraction of sp³-hybridized carbons (Fsp3) is 0.789. The molecule has 238 valence electrons. The molecule has 3 heterocycles. The fourth-order valence-electron chi connectivity index (χ4n) is 3.43. The van der Waals surface area contributed by atoms with Gasteiger partial charge in [-0.2, -0.15) is 13.2 Å². The van der Waals surface area contributed by atoms with Gasteiger partial charge in [-0.15, -0.1) is 0 Å². The zero-order valence-corrected chi connectivity index (χ0v) is 40.3. The monoisotopic (exact) mass is 762 g/mol. The van der Waals surface area contributed by atoms with Gasteiger partial charge in [0.25, 0.3) is 0 Å². The molecule has 3 aliphatic heterocycles. The molecule has 3 fully saturated rings. The van der Waals surface area contributed by atoms with E-state index in [-0.39, 0.29) is 177 Å². The van der Waals surface area contributed by atoms with Crippen molar-refractivity contribution in [2.75, 3.05) is 13.2 Å². The maximum atomic E-state index is 11.0. The maximum absolute atomic E-state index is 11.0. The first-order chi connectivity index (χ1) is 18.5. The largest absolute Gasteiger partial charge is 1.00 e. The second-order valence-electron chi connectivity index (χ2n) is 8.39. The number of hydrogen-bond donors (Lipinski definition) is 5. The van der Waals surface area contributed by atoms with Crippen LogP contribution in [-0.2, 0) is 53.4 Å². The molecule has 0 radical (unpaired) electrons. The van der Waals surface area contributed by atoms with Crippen molar-refractivity contribution in [3.63, 3.8) is 0 Å². The minimum absolute atomic E-state index is 0. The number of aliphatic hydroxyl groups excluding tert-OH is 4. The Morgan fingerprint density at radius 3 is 1.83 bits per heavy atom. The molecule has 0 aromatic heterocycles. The van der Waals surface area contributed by atoms with E-state index in [1.165, 1.54) is 6.42 Å². The van der Waals surface area contributed by atoms with Crippen molar-refractivity contribution in [2.24, 2.45) is 0 Å². The third-order valence-corrected chi connectivity index (χ3v) is 5.64. The number of ether oxygens (including phenoxy) is 6. The molecule has 0 spiro atoms. The Balaban J connectivity index is -0.000000473. The third kappa shape index (κ3) is 23.9. The van der Waals surface area contributed by atoms with Gasteiger partial charge in [0.05, 0.1) is 12.7 Å². The average Bonchev–Trinajstić information content (AvgIpc) is 2.83. The molecule has 3 aliphatic rings. The van der Waals surface area contributed by atoms with Crippen molar-refractivity contribution in [1.82, 2.24) is 0 Å². The van der Waals surface area contributed by atoms with Crippen molar-refractivity contribution >= 4 is 20.8 Å². The van der Waals surface area contributed by atoms with Crippen LogP contribution in [0.4, 0.5) is 0 Å². The van der Waals surface area contributed by atoms with Crippen LogP contribution in [0.5, 0.6) is 0 Å². The van der Waals surface area contributed by atoms with Gasteiger partial charge in [0.2, 0.25) is 20.8 Å². The molecular formula is C19H30NNa6O18S2-. The van der Waals surface area contributed by atoms with Crippen molar-refractivity contribution in [3.05, 3.63) is 31.8 Å². The first-order valence-electron chi connectivity index (χ1n) is 11.5. The number of nitrogens with one attached hydrogen (secondary N) is 1. The third-order valence-electron chi connectivity index (χ3n) is 5.21. The topological polar surface area (TPSA) is 304 Å². The summed E-state index contributed by atoms with van der Waals surface area (Å²) < 4.78 is 102. The van der Waals surface area contributed by atoms with Gasteiger partial charge >= 0.3 is 177 Å².